The lowest BCUT2D eigenvalue weighted by molar-refractivity contribution is -0.882. The maximum absolute atomic E-state index is 12.3. The van der Waals surface area contributed by atoms with E-state index in [9.17, 15) is 9.90 Å². The number of nitrogens with one attached hydrogen (secondary N) is 1. The molecule has 2 N–H and O–H groups in total. The molecule has 0 aliphatic carbocycles. The second-order valence-corrected chi connectivity index (χ2v) is 6.43. The number of phenols is 1. The quantitative estimate of drug-likeness (QED) is 0.711. The van der Waals surface area contributed by atoms with Crippen LogP contribution in [0.5, 0.6) is 5.75 Å². The van der Waals surface area contributed by atoms with E-state index in [1.54, 1.807) is 12.1 Å². The molecule has 0 aliphatic rings. The van der Waals surface area contributed by atoms with E-state index in [1.165, 1.54) is 0 Å². The van der Waals surface area contributed by atoms with Crippen molar-refractivity contribution in [2.75, 3.05) is 32.5 Å². The van der Waals surface area contributed by atoms with Crippen molar-refractivity contribution in [3.63, 3.8) is 0 Å². The molecule has 0 atom stereocenters. The fraction of sp³-hybridized carbons (Fsp3) is 0.389. The predicted molar refractivity (Wildman–Crippen MR) is 91.0 cm³/mol. The highest BCUT2D eigenvalue weighted by molar-refractivity contribution is 6.02. The molecule has 1 amide bonds. The van der Waals surface area contributed by atoms with Crippen molar-refractivity contribution < 1.29 is 31.4 Å². The first-order valence-electron chi connectivity index (χ1n) is 7.75. The Morgan fingerprint density at radius 2 is 1.96 bits per heavy atom. The van der Waals surface area contributed by atoms with E-state index in [0.29, 0.717) is 11.0 Å². The van der Waals surface area contributed by atoms with Crippen LogP contribution in [0.25, 0.3) is 10.8 Å². The van der Waals surface area contributed by atoms with Gasteiger partial charge < -0.3 is 31.9 Å². The summed E-state index contributed by atoms with van der Waals surface area (Å²) in [6.07, 6.45) is 2.24. The molecule has 0 unspecified atom stereocenters. The standard InChI is InChI=1S/C18H24N2O2.BrH/c1-4-5-11-20(2,3)13-18(22)19-17-8-6-7-14-9-10-15(21)12-16(14)17;/h6-10,12H,4-5,11,13H2,1-3H3,(H-,19,21,22);1H. The minimum Gasteiger partial charge on any atom is -1.00 e. The van der Waals surface area contributed by atoms with Crippen molar-refractivity contribution in [3.05, 3.63) is 36.4 Å². The first-order valence-corrected chi connectivity index (χ1v) is 7.75. The van der Waals surface area contributed by atoms with E-state index in [4.69, 9.17) is 0 Å². The Bertz CT molecular complexity index is 671. The molecule has 0 aromatic heterocycles. The molecule has 0 heterocycles. The van der Waals surface area contributed by atoms with Crippen LogP contribution in [0.3, 0.4) is 0 Å². The Morgan fingerprint density at radius 1 is 1.22 bits per heavy atom. The number of halogens is 1. The van der Waals surface area contributed by atoms with E-state index in [0.717, 1.165) is 35.8 Å². The highest BCUT2D eigenvalue weighted by Gasteiger charge is 2.19. The number of likely N-dealkylation sites (N-methyl/N-ethyl adjacent to an activating group) is 1. The van der Waals surface area contributed by atoms with Gasteiger partial charge in [0.25, 0.3) is 5.91 Å². The van der Waals surface area contributed by atoms with Crippen molar-refractivity contribution in [1.29, 1.82) is 0 Å². The van der Waals surface area contributed by atoms with Crippen LogP contribution in [0.2, 0.25) is 0 Å². The average molecular weight is 381 g/mol. The molecule has 0 bridgehead atoms. The molecule has 0 fully saturated rings. The third-order valence-electron chi connectivity index (χ3n) is 3.83. The average Bonchev–Trinajstić information content (AvgIpc) is 2.45. The maximum atomic E-state index is 12.3. The molecule has 0 aliphatic heterocycles. The van der Waals surface area contributed by atoms with Crippen LogP contribution in [-0.2, 0) is 4.79 Å². The molecule has 0 saturated heterocycles. The Kier molecular flexibility index (Phi) is 7.03. The minimum atomic E-state index is -0.00283. The van der Waals surface area contributed by atoms with Crippen LogP contribution in [0.15, 0.2) is 36.4 Å². The molecule has 2 aromatic carbocycles. The van der Waals surface area contributed by atoms with E-state index in [-0.39, 0.29) is 28.6 Å². The Morgan fingerprint density at radius 3 is 2.65 bits per heavy atom. The van der Waals surface area contributed by atoms with Crippen LogP contribution in [-0.4, -0.2) is 42.7 Å². The Balaban J connectivity index is 0.00000264. The van der Waals surface area contributed by atoms with Crippen LogP contribution >= 0.6 is 0 Å². The lowest BCUT2D eigenvalue weighted by Gasteiger charge is -2.29. The third kappa shape index (κ3) is 5.52. The normalized spacial score (nSPS) is 11.1. The number of carbonyl (C=O) groups excluding carboxylic acids is 1. The number of amides is 1. The fourth-order valence-corrected chi connectivity index (χ4v) is 2.61. The van der Waals surface area contributed by atoms with Crippen LogP contribution in [0, 0.1) is 0 Å². The summed E-state index contributed by atoms with van der Waals surface area (Å²) >= 11 is 0. The second-order valence-electron chi connectivity index (χ2n) is 6.43. The number of anilines is 1. The molecule has 4 nitrogen and oxygen atoms in total. The highest BCUT2D eigenvalue weighted by Crippen LogP contribution is 2.27. The van der Waals surface area contributed by atoms with E-state index in [2.05, 4.69) is 26.3 Å². The van der Waals surface area contributed by atoms with Crippen molar-refractivity contribution in [2.24, 2.45) is 0 Å². The van der Waals surface area contributed by atoms with Gasteiger partial charge in [0.05, 0.1) is 20.6 Å². The number of aromatic hydroxyl groups is 1. The second kappa shape index (κ2) is 8.31. The number of hydrogen-bond acceptors (Lipinski definition) is 2. The van der Waals surface area contributed by atoms with Gasteiger partial charge in [0, 0.05) is 11.1 Å². The summed E-state index contributed by atoms with van der Waals surface area (Å²) in [6.45, 7) is 3.58. The zero-order valence-corrected chi connectivity index (χ0v) is 15.6. The number of hydrogen-bond donors (Lipinski definition) is 2. The van der Waals surface area contributed by atoms with Crippen molar-refractivity contribution >= 4 is 22.4 Å². The first kappa shape index (κ1) is 19.5. The molecule has 23 heavy (non-hydrogen) atoms. The van der Waals surface area contributed by atoms with Crippen molar-refractivity contribution in [1.82, 2.24) is 0 Å². The molecule has 0 saturated carbocycles. The van der Waals surface area contributed by atoms with Crippen LogP contribution in [0.4, 0.5) is 5.69 Å². The lowest BCUT2D eigenvalue weighted by Crippen LogP contribution is -3.00. The SMILES string of the molecule is CCCC[N+](C)(C)CC(=O)Nc1cccc2ccc(O)cc12.[Br-]. The number of nitrogens with zero attached hydrogens (tertiary/aromatic N) is 1. The van der Waals surface area contributed by atoms with Gasteiger partial charge in [-0.3, -0.25) is 4.79 Å². The summed E-state index contributed by atoms with van der Waals surface area (Å²) in [5, 5.41) is 14.5. The number of fused-ring (bicyclic) bond motifs is 1. The highest BCUT2D eigenvalue weighted by atomic mass is 79.9. The van der Waals surface area contributed by atoms with E-state index in [1.807, 2.05) is 24.3 Å². The van der Waals surface area contributed by atoms with Gasteiger partial charge in [0.1, 0.15) is 5.75 Å². The minimum absolute atomic E-state index is 0. The van der Waals surface area contributed by atoms with Gasteiger partial charge in [0.15, 0.2) is 6.54 Å². The molecule has 2 aromatic rings. The molecule has 2 rings (SSSR count). The van der Waals surface area contributed by atoms with Crippen LogP contribution < -0.4 is 22.3 Å². The van der Waals surface area contributed by atoms with Crippen LogP contribution in [0.1, 0.15) is 19.8 Å². The number of carbonyl (C=O) groups is 1. The first-order chi connectivity index (χ1) is 10.4. The summed E-state index contributed by atoms with van der Waals surface area (Å²) in [5.41, 5.74) is 0.744. The summed E-state index contributed by atoms with van der Waals surface area (Å²) in [6, 6.07) is 10.9. The van der Waals surface area contributed by atoms with Gasteiger partial charge in [0.2, 0.25) is 0 Å². The summed E-state index contributed by atoms with van der Waals surface area (Å²) < 4.78 is 0.676. The van der Waals surface area contributed by atoms with Crippen molar-refractivity contribution in [2.45, 2.75) is 19.8 Å². The fourth-order valence-electron chi connectivity index (χ4n) is 2.61. The van der Waals surface area contributed by atoms with Gasteiger partial charge in [-0.15, -0.1) is 0 Å². The number of phenolic OH excluding ortho intramolecular Hbond substituents is 1. The van der Waals surface area contributed by atoms with Gasteiger partial charge in [-0.25, -0.2) is 0 Å². The Hall–Kier alpha value is -1.59. The Labute approximate surface area is 148 Å². The molecule has 5 heteroatoms. The summed E-state index contributed by atoms with van der Waals surface area (Å²) in [4.78, 5) is 12.3. The zero-order valence-electron chi connectivity index (χ0n) is 14.0. The lowest BCUT2D eigenvalue weighted by atomic mass is 10.1. The van der Waals surface area contributed by atoms with Gasteiger partial charge in [-0.1, -0.05) is 31.5 Å². The topological polar surface area (TPSA) is 49.3 Å². The smallest absolute Gasteiger partial charge is 0.279 e. The molecule has 0 radical (unpaired) electrons. The van der Waals surface area contributed by atoms with Crippen molar-refractivity contribution in [3.8, 4) is 5.75 Å². The zero-order chi connectivity index (χ0) is 16.2. The summed E-state index contributed by atoms with van der Waals surface area (Å²) in [7, 11) is 4.15. The van der Waals surface area contributed by atoms with Gasteiger partial charge in [-0.2, -0.15) is 0 Å². The number of rotatable bonds is 6. The molecule has 126 valence electrons. The van der Waals surface area contributed by atoms with E-state index < -0.39 is 0 Å². The number of benzene rings is 2. The number of quaternary nitrogens is 1. The van der Waals surface area contributed by atoms with E-state index >= 15 is 0 Å². The molecular weight excluding hydrogens is 356 g/mol. The molecular formula is C18H25BrN2O2. The largest absolute Gasteiger partial charge is 1.00 e. The molecule has 0 spiro atoms. The predicted octanol–water partition coefficient (Wildman–Crippen LogP) is 0.364. The summed E-state index contributed by atoms with van der Waals surface area (Å²) in [5.74, 6) is 0.199. The van der Waals surface area contributed by atoms with Gasteiger partial charge >= 0.3 is 0 Å². The number of unbranched alkanes of at least 4 members (excludes halogenated alkanes) is 1. The van der Waals surface area contributed by atoms with Gasteiger partial charge in [-0.05, 0) is 30.0 Å². The monoisotopic (exact) mass is 380 g/mol. The maximum Gasteiger partial charge on any atom is 0.279 e. The third-order valence-corrected chi connectivity index (χ3v) is 3.83.